The first-order valence-electron chi connectivity index (χ1n) is 14.4. The number of ether oxygens (including phenoxy) is 1. The number of alkyl halides is 3. The second-order valence-electron chi connectivity index (χ2n) is 11.4. The van der Waals surface area contributed by atoms with Gasteiger partial charge in [-0.1, -0.05) is 24.3 Å². The average molecular weight is 648 g/mol. The SMILES string of the molecule is COc1ccc(C(=O)NC2CCN(C)CC2)cc1Nc1ncc(C(F)(F)F)c(N[C@@H]2Cc3ccccc3[C@H]2N(C)S(C)(=O)=O)n1. The zero-order valence-electron chi connectivity index (χ0n) is 25.4. The molecule has 1 amide bonds. The van der Waals surface area contributed by atoms with E-state index in [1.807, 2.05) is 13.1 Å². The van der Waals surface area contributed by atoms with Crippen LogP contribution in [0.15, 0.2) is 48.7 Å². The third-order valence-corrected chi connectivity index (χ3v) is 9.56. The van der Waals surface area contributed by atoms with Crippen LogP contribution < -0.4 is 20.7 Å². The average Bonchev–Trinajstić information content (AvgIpc) is 3.34. The van der Waals surface area contributed by atoms with E-state index in [1.165, 1.54) is 20.2 Å². The van der Waals surface area contributed by atoms with E-state index < -0.39 is 39.7 Å². The number of rotatable bonds is 9. The Hall–Kier alpha value is -3.95. The van der Waals surface area contributed by atoms with Crippen LogP contribution in [0, 0.1) is 0 Å². The molecule has 15 heteroatoms. The minimum Gasteiger partial charge on any atom is -0.495 e. The lowest BCUT2D eigenvalue weighted by Crippen LogP contribution is -2.43. The van der Waals surface area contributed by atoms with Crippen LogP contribution in [0.5, 0.6) is 5.75 Å². The molecule has 3 aromatic rings. The van der Waals surface area contributed by atoms with E-state index in [2.05, 4.69) is 30.8 Å². The van der Waals surface area contributed by atoms with Crippen LogP contribution in [0.25, 0.3) is 0 Å². The fourth-order valence-corrected chi connectivity index (χ4v) is 6.46. The van der Waals surface area contributed by atoms with Crippen LogP contribution in [-0.4, -0.2) is 86.1 Å². The molecule has 2 aliphatic rings. The standard InChI is InChI=1S/C30H36F3N7O4S/c1-39-13-11-20(12-14-39)35-28(41)19-9-10-25(44-3)23(16-19)37-29-34-17-22(30(31,32)33)27(38-29)36-24-15-18-7-5-6-8-21(18)26(24)40(2)45(4,42)43/h5-10,16-17,20,24,26H,11-15H2,1-4H3,(H,35,41)(H2,34,36,37,38)/t24-,26-/m1/s1. The quantitative estimate of drug-likeness (QED) is 0.315. The number of halogens is 3. The summed E-state index contributed by atoms with van der Waals surface area (Å²) in [5.41, 5.74) is 1.02. The number of hydrogen-bond acceptors (Lipinski definition) is 9. The largest absolute Gasteiger partial charge is 0.495 e. The van der Waals surface area contributed by atoms with Gasteiger partial charge in [0.15, 0.2) is 0 Å². The summed E-state index contributed by atoms with van der Waals surface area (Å²) in [6.07, 6.45) is -1.16. The molecule has 3 N–H and O–H groups in total. The van der Waals surface area contributed by atoms with E-state index in [0.29, 0.717) is 23.1 Å². The van der Waals surface area contributed by atoms with E-state index in [1.54, 1.807) is 30.3 Å². The Balaban J connectivity index is 1.44. The van der Waals surface area contributed by atoms with Crippen molar-refractivity contribution in [2.24, 2.45) is 0 Å². The van der Waals surface area contributed by atoms with Crippen molar-refractivity contribution in [1.82, 2.24) is 24.5 Å². The summed E-state index contributed by atoms with van der Waals surface area (Å²) in [6.45, 7) is 1.75. The fraction of sp³-hybridized carbons (Fsp3) is 0.433. The molecule has 11 nitrogen and oxygen atoms in total. The van der Waals surface area contributed by atoms with Crippen molar-refractivity contribution in [2.75, 3.05) is 51.2 Å². The second-order valence-corrected chi connectivity index (χ2v) is 13.5. The van der Waals surface area contributed by atoms with Gasteiger partial charge in [0.05, 0.1) is 31.1 Å². The van der Waals surface area contributed by atoms with Gasteiger partial charge in [-0.3, -0.25) is 4.79 Å². The van der Waals surface area contributed by atoms with E-state index in [9.17, 15) is 26.4 Å². The van der Waals surface area contributed by atoms with Crippen LogP contribution in [0.3, 0.4) is 0 Å². The minimum atomic E-state index is -4.80. The molecule has 1 fully saturated rings. The number of sulfonamides is 1. The molecule has 1 aliphatic heterocycles. The highest BCUT2D eigenvalue weighted by Gasteiger charge is 2.41. The molecule has 0 bridgehead atoms. The Bertz CT molecular complexity index is 1660. The van der Waals surface area contributed by atoms with Gasteiger partial charge in [0.1, 0.15) is 17.1 Å². The number of anilines is 3. The van der Waals surface area contributed by atoms with Gasteiger partial charge in [-0.15, -0.1) is 0 Å². The highest BCUT2D eigenvalue weighted by molar-refractivity contribution is 7.88. The molecule has 45 heavy (non-hydrogen) atoms. The van der Waals surface area contributed by atoms with Crippen LogP contribution >= 0.6 is 0 Å². The summed E-state index contributed by atoms with van der Waals surface area (Å²) >= 11 is 0. The van der Waals surface area contributed by atoms with Crippen LogP contribution in [-0.2, 0) is 22.6 Å². The Kier molecular flexibility index (Phi) is 9.23. The summed E-state index contributed by atoms with van der Waals surface area (Å²) in [4.78, 5) is 23.3. The molecule has 2 heterocycles. The molecule has 1 aliphatic carbocycles. The molecule has 242 valence electrons. The minimum absolute atomic E-state index is 0.0337. The molecule has 0 saturated carbocycles. The van der Waals surface area contributed by atoms with E-state index >= 15 is 0 Å². The molecule has 1 saturated heterocycles. The third-order valence-electron chi connectivity index (χ3n) is 8.29. The predicted octanol–water partition coefficient (Wildman–Crippen LogP) is 4.04. The maximum atomic E-state index is 14.1. The number of carbonyl (C=O) groups is 1. The maximum absolute atomic E-state index is 14.1. The number of likely N-dealkylation sites (N-methyl/N-ethyl adjacent to an activating group) is 1. The Morgan fingerprint density at radius 3 is 2.51 bits per heavy atom. The lowest BCUT2D eigenvalue weighted by Gasteiger charge is -2.30. The van der Waals surface area contributed by atoms with E-state index in [0.717, 1.165) is 42.1 Å². The maximum Gasteiger partial charge on any atom is 0.421 e. The molecule has 1 aromatic heterocycles. The number of amides is 1. The molecular weight excluding hydrogens is 611 g/mol. The van der Waals surface area contributed by atoms with E-state index in [4.69, 9.17) is 4.74 Å². The molecular formula is C30H36F3N7O4S. The number of fused-ring (bicyclic) bond motifs is 1. The number of benzene rings is 2. The smallest absolute Gasteiger partial charge is 0.421 e. The fourth-order valence-electron chi connectivity index (χ4n) is 5.78. The number of carbonyl (C=O) groups excluding carboxylic acids is 1. The Morgan fingerprint density at radius 1 is 1.13 bits per heavy atom. The van der Waals surface area contributed by atoms with Crippen molar-refractivity contribution >= 4 is 33.4 Å². The van der Waals surface area contributed by atoms with Crippen molar-refractivity contribution in [3.63, 3.8) is 0 Å². The van der Waals surface area contributed by atoms with Crippen LogP contribution in [0.4, 0.5) is 30.6 Å². The summed E-state index contributed by atoms with van der Waals surface area (Å²) < 4.78 is 74.0. The molecule has 0 spiro atoms. The monoisotopic (exact) mass is 647 g/mol. The van der Waals surface area contributed by atoms with Crippen molar-refractivity contribution < 1.29 is 31.1 Å². The highest BCUT2D eigenvalue weighted by Crippen LogP contribution is 2.41. The number of piperidine rings is 1. The summed E-state index contributed by atoms with van der Waals surface area (Å²) in [6, 6.07) is 10.4. The number of likely N-dealkylation sites (tertiary alicyclic amines) is 1. The summed E-state index contributed by atoms with van der Waals surface area (Å²) in [5, 5.41) is 8.82. The number of nitrogens with one attached hydrogen (secondary N) is 3. The Labute approximate surface area is 260 Å². The molecule has 2 aromatic carbocycles. The number of nitrogens with zero attached hydrogens (tertiary/aromatic N) is 4. The topological polar surface area (TPSA) is 129 Å². The Morgan fingerprint density at radius 2 is 1.84 bits per heavy atom. The highest BCUT2D eigenvalue weighted by atomic mass is 32.2. The first kappa shape index (κ1) is 32.4. The van der Waals surface area contributed by atoms with Crippen molar-refractivity contribution in [2.45, 2.75) is 43.6 Å². The lowest BCUT2D eigenvalue weighted by atomic mass is 10.0. The molecule has 5 rings (SSSR count). The summed E-state index contributed by atoms with van der Waals surface area (Å²) in [7, 11) is 1.16. The van der Waals surface area contributed by atoms with Gasteiger partial charge in [0.25, 0.3) is 5.91 Å². The molecule has 0 unspecified atom stereocenters. The van der Waals surface area contributed by atoms with Gasteiger partial charge >= 0.3 is 6.18 Å². The van der Waals surface area contributed by atoms with Crippen molar-refractivity contribution in [3.05, 3.63) is 70.9 Å². The normalized spacial score (nSPS) is 19.3. The summed E-state index contributed by atoms with van der Waals surface area (Å²) in [5.74, 6) is -0.655. The van der Waals surface area contributed by atoms with Gasteiger partial charge in [-0.05, 0) is 68.7 Å². The molecule has 0 radical (unpaired) electrons. The number of methoxy groups -OCH3 is 1. The number of hydrogen-bond donors (Lipinski definition) is 3. The van der Waals surface area contributed by atoms with Crippen molar-refractivity contribution in [3.8, 4) is 5.75 Å². The second kappa shape index (κ2) is 12.8. The van der Waals surface area contributed by atoms with Gasteiger partial charge in [0, 0.05) is 24.8 Å². The van der Waals surface area contributed by atoms with Crippen LogP contribution in [0.1, 0.15) is 45.9 Å². The van der Waals surface area contributed by atoms with Crippen molar-refractivity contribution in [1.29, 1.82) is 0 Å². The lowest BCUT2D eigenvalue weighted by molar-refractivity contribution is -0.137. The van der Waals surface area contributed by atoms with Gasteiger partial charge in [-0.2, -0.15) is 22.5 Å². The van der Waals surface area contributed by atoms with Gasteiger partial charge < -0.3 is 25.6 Å². The number of aromatic nitrogens is 2. The predicted molar refractivity (Wildman–Crippen MR) is 164 cm³/mol. The first-order valence-corrected chi connectivity index (χ1v) is 16.3. The zero-order chi connectivity index (χ0) is 32.5. The van der Waals surface area contributed by atoms with E-state index in [-0.39, 0.29) is 30.0 Å². The zero-order valence-corrected chi connectivity index (χ0v) is 26.2. The van der Waals surface area contributed by atoms with Crippen LogP contribution in [0.2, 0.25) is 0 Å². The third kappa shape index (κ3) is 7.31. The van der Waals surface area contributed by atoms with Gasteiger partial charge in [-0.25, -0.2) is 13.4 Å². The van der Waals surface area contributed by atoms with Gasteiger partial charge in [0.2, 0.25) is 16.0 Å². The first-order chi connectivity index (χ1) is 21.2. The molecule has 2 atom stereocenters.